The highest BCUT2D eigenvalue weighted by Gasteiger charge is 2.39. The molecule has 6 rings (SSSR count). The number of Topliss-reactive ketones (excluding diaryl/α,β-unsaturated/α-hetero) is 1. The molecular weight excluding hydrogens is 637 g/mol. The number of nitrogens with zero attached hydrogens (tertiary/aromatic N) is 6. The lowest BCUT2D eigenvalue weighted by Crippen LogP contribution is -2.41. The number of carbonyl (C=O) groups excluding carboxylic acids is 3. The molecule has 0 bridgehead atoms. The van der Waals surface area contributed by atoms with E-state index in [1.807, 2.05) is 0 Å². The second kappa shape index (κ2) is 13.3. The van der Waals surface area contributed by atoms with Crippen LogP contribution in [0, 0.1) is 11.8 Å². The first-order valence-corrected chi connectivity index (χ1v) is 15.6. The molecule has 0 saturated carbocycles. The molecule has 0 unspecified atom stereocenters. The largest absolute Gasteiger partial charge is 0.435 e. The maximum Gasteiger partial charge on any atom is 0.435 e. The van der Waals surface area contributed by atoms with Gasteiger partial charge in [-0.25, -0.2) is 4.98 Å². The summed E-state index contributed by atoms with van der Waals surface area (Å²) >= 11 is 6.47. The van der Waals surface area contributed by atoms with Crippen LogP contribution in [0.15, 0.2) is 55.1 Å². The minimum atomic E-state index is -4.75. The second-order valence-corrected chi connectivity index (χ2v) is 12.2. The summed E-state index contributed by atoms with van der Waals surface area (Å²) < 4.78 is 44.3. The number of nitrogens with one attached hydrogen (secondary N) is 2. The standard InChI is InChI=1S/C32H32ClF3N8O3/c1-42-26(24-18-44(41-28(24)32(34,35)36)17-19-3-2-9-37-14-19)16-39-29(42)30(46)40-22-4-5-23(25(33)13-22)31(47)43-11-7-20(8-12-43)27(45)21-6-10-38-15-21/h2-5,9,13-14,16,18,20-21,38H,6-8,10-12,15,17H2,1H3,(H,40,46)/t21-/m0/s1. The van der Waals surface area contributed by atoms with E-state index in [2.05, 4.69) is 25.7 Å². The van der Waals surface area contributed by atoms with E-state index >= 15 is 0 Å². The minimum absolute atomic E-state index is 0.0456. The zero-order chi connectivity index (χ0) is 33.3. The van der Waals surface area contributed by atoms with Crippen LogP contribution in [-0.4, -0.2) is 73.0 Å². The van der Waals surface area contributed by atoms with Gasteiger partial charge in [0.05, 0.1) is 34.6 Å². The van der Waals surface area contributed by atoms with Crippen LogP contribution in [0.1, 0.15) is 51.5 Å². The fourth-order valence-corrected chi connectivity index (χ4v) is 6.43. The number of aromatic nitrogens is 5. The Morgan fingerprint density at radius 2 is 1.87 bits per heavy atom. The molecule has 1 aromatic carbocycles. The van der Waals surface area contributed by atoms with Crippen LogP contribution in [-0.2, 0) is 24.6 Å². The number of imidazole rings is 1. The maximum absolute atomic E-state index is 14.0. The van der Waals surface area contributed by atoms with Gasteiger partial charge in [-0.05, 0) is 55.6 Å². The second-order valence-electron chi connectivity index (χ2n) is 11.8. The lowest BCUT2D eigenvalue weighted by Gasteiger charge is -2.32. The molecule has 3 aromatic heterocycles. The third-order valence-electron chi connectivity index (χ3n) is 8.67. The van der Waals surface area contributed by atoms with Crippen molar-refractivity contribution in [3.63, 3.8) is 0 Å². The number of alkyl halides is 3. The average Bonchev–Trinajstić information content (AvgIpc) is 3.81. The lowest BCUT2D eigenvalue weighted by atomic mass is 9.85. The molecule has 4 aromatic rings. The van der Waals surface area contributed by atoms with E-state index in [-0.39, 0.29) is 63.4 Å². The number of benzene rings is 1. The van der Waals surface area contributed by atoms with Gasteiger partial charge in [-0.15, -0.1) is 0 Å². The van der Waals surface area contributed by atoms with Crippen molar-refractivity contribution in [2.75, 3.05) is 31.5 Å². The summed E-state index contributed by atoms with van der Waals surface area (Å²) in [4.78, 5) is 49.0. The average molecular weight is 669 g/mol. The van der Waals surface area contributed by atoms with Crippen molar-refractivity contribution >= 4 is 34.9 Å². The summed E-state index contributed by atoms with van der Waals surface area (Å²) in [5.74, 6) is -0.816. The third kappa shape index (κ3) is 6.93. The first-order valence-electron chi connectivity index (χ1n) is 15.2. The number of anilines is 1. The predicted octanol–water partition coefficient (Wildman–Crippen LogP) is 4.68. The van der Waals surface area contributed by atoms with Crippen LogP contribution in [0.25, 0.3) is 11.3 Å². The summed E-state index contributed by atoms with van der Waals surface area (Å²) in [7, 11) is 1.44. The predicted molar refractivity (Wildman–Crippen MR) is 167 cm³/mol. The molecule has 2 N–H and O–H groups in total. The highest BCUT2D eigenvalue weighted by Crippen LogP contribution is 2.36. The van der Waals surface area contributed by atoms with E-state index in [1.54, 1.807) is 23.2 Å². The van der Waals surface area contributed by atoms with Gasteiger partial charge < -0.3 is 20.1 Å². The molecule has 0 radical (unpaired) electrons. The SMILES string of the molecule is Cn1c(-c2cn(Cc3cccnc3)nc2C(F)(F)F)cnc1C(=O)Nc1ccc(C(=O)N2CCC(C(=O)[C@H]3CCNC3)CC2)c(Cl)c1. The minimum Gasteiger partial charge on any atom is -0.339 e. The molecule has 15 heteroatoms. The number of piperidine rings is 1. The number of halogens is 4. The number of rotatable bonds is 8. The quantitative estimate of drug-likeness (QED) is 0.279. The Balaban J connectivity index is 1.13. The monoisotopic (exact) mass is 668 g/mol. The number of carbonyl (C=O) groups is 3. The Hall–Kier alpha value is -4.56. The summed E-state index contributed by atoms with van der Waals surface area (Å²) in [6.45, 7) is 2.54. The van der Waals surface area contributed by atoms with Gasteiger partial charge in [0.2, 0.25) is 0 Å². The summed E-state index contributed by atoms with van der Waals surface area (Å²) in [5.41, 5.74) is -0.0901. The molecule has 0 spiro atoms. The first-order chi connectivity index (χ1) is 22.5. The van der Waals surface area contributed by atoms with E-state index in [9.17, 15) is 27.6 Å². The van der Waals surface area contributed by atoms with E-state index in [0.29, 0.717) is 31.5 Å². The molecule has 2 aliphatic rings. The number of amides is 2. The molecule has 2 fully saturated rings. The Morgan fingerprint density at radius 1 is 1.09 bits per heavy atom. The highest BCUT2D eigenvalue weighted by atomic mass is 35.5. The Kier molecular flexibility index (Phi) is 9.15. The van der Waals surface area contributed by atoms with Crippen molar-refractivity contribution in [2.24, 2.45) is 18.9 Å². The van der Waals surface area contributed by atoms with Crippen LogP contribution in [0.3, 0.4) is 0 Å². The molecule has 246 valence electrons. The summed E-state index contributed by atoms with van der Waals surface area (Å²) in [5, 5.41) is 9.77. The topological polar surface area (TPSA) is 127 Å². The van der Waals surface area contributed by atoms with Crippen molar-refractivity contribution in [1.82, 2.24) is 34.5 Å². The number of ketones is 1. The van der Waals surface area contributed by atoms with Crippen LogP contribution >= 0.6 is 11.6 Å². The Bertz CT molecular complexity index is 1790. The van der Waals surface area contributed by atoms with Gasteiger partial charge in [0.25, 0.3) is 11.8 Å². The van der Waals surface area contributed by atoms with Crippen molar-refractivity contribution in [1.29, 1.82) is 0 Å². The number of likely N-dealkylation sites (tertiary alicyclic amines) is 1. The van der Waals surface area contributed by atoms with Crippen LogP contribution in [0.4, 0.5) is 18.9 Å². The molecule has 47 heavy (non-hydrogen) atoms. The molecular formula is C32H32ClF3N8O3. The van der Waals surface area contributed by atoms with Gasteiger partial charge in [-0.2, -0.15) is 18.3 Å². The Morgan fingerprint density at radius 3 is 2.53 bits per heavy atom. The third-order valence-corrected chi connectivity index (χ3v) is 8.98. The molecule has 2 saturated heterocycles. The van der Waals surface area contributed by atoms with E-state index in [4.69, 9.17) is 11.6 Å². The van der Waals surface area contributed by atoms with Crippen molar-refractivity contribution in [2.45, 2.75) is 32.0 Å². The van der Waals surface area contributed by atoms with Crippen molar-refractivity contribution in [3.8, 4) is 11.3 Å². The normalized spacial score (nSPS) is 17.2. The van der Waals surface area contributed by atoms with E-state index in [0.717, 1.165) is 19.5 Å². The molecule has 11 nitrogen and oxygen atoms in total. The number of pyridine rings is 1. The fourth-order valence-electron chi connectivity index (χ4n) is 6.17. The smallest absolute Gasteiger partial charge is 0.339 e. The summed E-state index contributed by atoms with van der Waals surface area (Å²) in [6.07, 6.45) is 2.87. The Labute approximate surface area is 273 Å². The maximum atomic E-state index is 14.0. The molecule has 1 atom stereocenters. The van der Waals surface area contributed by atoms with E-state index < -0.39 is 17.8 Å². The lowest BCUT2D eigenvalue weighted by molar-refractivity contribution is -0.141. The van der Waals surface area contributed by atoms with Gasteiger partial charge in [0, 0.05) is 62.8 Å². The van der Waals surface area contributed by atoms with E-state index in [1.165, 1.54) is 53.1 Å². The van der Waals surface area contributed by atoms with Crippen LogP contribution < -0.4 is 10.6 Å². The highest BCUT2D eigenvalue weighted by molar-refractivity contribution is 6.34. The fraction of sp³-hybridized carbons (Fsp3) is 0.375. The van der Waals surface area contributed by atoms with Gasteiger partial charge >= 0.3 is 6.18 Å². The first kappa shape index (κ1) is 32.4. The van der Waals surface area contributed by atoms with Crippen LogP contribution in [0.5, 0.6) is 0 Å². The van der Waals surface area contributed by atoms with Crippen molar-refractivity contribution < 1.29 is 27.6 Å². The van der Waals surface area contributed by atoms with Gasteiger partial charge in [0.1, 0.15) is 5.78 Å². The van der Waals surface area contributed by atoms with Crippen LogP contribution in [0.2, 0.25) is 5.02 Å². The number of hydrogen-bond donors (Lipinski definition) is 2. The van der Waals surface area contributed by atoms with Gasteiger partial charge in [-0.3, -0.25) is 24.0 Å². The summed E-state index contributed by atoms with van der Waals surface area (Å²) in [6, 6.07) is 7.87. The number of hydrogen-bond acceptors (Lipinski definition) is 7. The molecule has 0 aliphatic carbocycles. The van der Waals surface area contributed by atoms with Crippen molar-refractivity contribution in [3.05, 3.63) is 82.8 Å². The zero-order valence-corrected chi connectivity index (χ0v) is 26.2. The zero-order valence-electron chi connectivity index (χ0n) is 25.4. The molecule has 5 heterocycles. The van der Waals surface area contributed by atoms with Gasteiger partial charge in [-0.1, -0.05) is 17.7 Å². The molecule has 2 aliphatic heterocycles. The molecule has 2 amide bonds. The van der Waals surface area contributed by atoms with Gasteiger partial charge in [0.15, 0.2) is 11.5 Å².